The summed E-state index contributed by atoms with van der Waals surface area (Å²) in [7, 11) is -8.96. The molecule has 0 saturated heterocycles. The van der Waals surface area contributed by atoms with E-state index in [4.69, 9.17) is 14.3 Å². The molecule has 1 rings (SSSR count). The molecule has 0 heterocycles. The molecule has 0 aromatic heterocycles. The topological polar surface area (TPSA) is 104 Å². The van der Waals surface area contributed by atoms with Crippen molar-refractivity contribution in [3.8, 4) is 5.75 Å². The van der Waals surface area contributed by atoms with Gasteiger partial charge in [-0.15, -0.1) is 0 Å². The third-order valence-corrected chi connectivity index (χ3v) is 10.8. The van der Waals surface area contributed by atoms with Crippen molar-refractivity contribution in [1.29, 1.82) is 0 Å². The van der Waals surface area contributed by atoms with E-state index in [1.54, 1.807) is 18.2 Å². The molecule has 0 aliphatic heterocycles. The first-order valence-corrected chi connectivity index (χ1v) is 9.04. The molecule has 0 amide bonds. The van der Waals surface area contributed by atoms with Gasteiger partial charge in [0, 0.05) is 0 Å². The quantitative estimate of drug-likeness (QED) is 0.537. The van der Waals surface area contributed by atoms with Crippen molar-refractivity contribution in [1.82, 2.24) is 0 Å². The first-order valence-electron chi connectivity index (χ1n) is 4.07. The monoisotopic (exact) mass is 371 g/mol. The Morgan fingerprint density at radius 2 is 1.62 bits per heavy atom. The van der Waals surface area contributed by atoms with E-state index in [2.05, 4.69) is 0 Å². The van der Waals surface area contributed by atoms with Gasteiger partial charge in [-0.05, 0) is 0 Å². The summed E-state index contributed by atoms with van der Waals surface area (Å²) >= 11 is 0.257. The summed E-state index contributed by atoms with van der Waals surface area (Å²) in [5.41, 5.74) is 0. The first-order chi connectivity index (χ1) is 7.23. The van der Waals surface area contributed by atoms with Gasteiger partial charge >= 0.3 is 106 Å². The molecule has 0 saturated carbocycles. The van der Waals surface area contributed by atoms with Gasteiger partial charge in [-0.1, -0.05) is 0 Å². The molecule has 0 fully saturated rings. The number of benzene rings is 1. The van der Waals surface area contributed by atoms with Crippen LogP contribution in [0.5, 0.6) is 5.75 Å². The third kappa shape index (κ3) is 3.87. The van der Waals surface area contributed by atoms with Crippen LogP contribution < -0.4 is 4.52 Å². The summed E-state index contributed by atoms with van der Waals surface area (Å²) in [4.78, 5) is 27.1. The standard InChI is InChI=1S/C7H9O6P2.Sn/c8-14(9,10)6-15(11,12)13-7-4-2-1-3-5-7;/h1-6H,(H,11,12)(H2,8,9,10);/q;+3. The molecule has 0 radical (unpaired) electrons. The molecule has 84 valence electrons. The molecular weight excluding hydrogens is 361 g/mol. The second-order valence-corrected chi connectivity index (χ2v) is 11.3. The van der Waals surface area contributed by atoms with Crippen molar-refractivity contribution in [3.05, 3.63) is 30.3 Å². The summed E-state index contributed by atoms with van der Waals surface area (Å²) in [5, 5.41) is 0. The van der Waals surface area contributed by atoms with Gasteiger partial charge in [-0.2, -0.15) is 0 Å². The van der Waals surface area contributed by atoms with Crippen LogP contribution in [0.3, 0.4) is 0 Å². The maximum atomic E-state index is 11.6. The van der Waals surface area contributed by atoms with Crippen molar-refractivity contribution in [3.63, 3.8) is 0 Å². The minimum atomic E-state index is -4.61. The van der Waals surface area contributed by atoms with Crippen LogP contribution in [0.4, 0.5) is 0 Å². The second kappa shape index (κ2) is 5.21. The number of hydrogen-bond acceptors (Lipinski definition) is 3. The Balaban J connectivity index is 2.89. The maximum absolute atomic E-state index is 11.6. The second-order valence-electron chi connectivity index (χ2n) is 2.93. The van der Waals surface area contributed by atoms with E-state index in [0.717, 1.165) is 0 Å². The third-order valence-electron chi connectivity index (χ3n) is 1.61. The Bertz CT molecular complexity index is 443. The fourth-order valence-corrected chi connectivity index (χ4v) is 3.51. The van der Waals surface area contributed by atoms with E-state index >= 15 is 0 Å². The summed E-state index contributed by atoms with van der Waals surface area (Å²) in [6.45, 7) is 0. The summed E-state index contributed by atoms with van der Waals surface area (Å²) in [6, 6.07) is 7.74. The zero-order valence-electron chi connectivity index (χ0n) is 7.92. The Labute approximate surface area is 105 Å². The van der Waals surface area contributed by atoms with Gasteiger partial charge < -0.3 is 0 Å². The number of rotatable bonds is 4. The van der Waals surface area contributed by atoms with Crippen LogP contribution in [0.2, 0.25) is 0 Å². The fraction of sp³-hybridized carbons (Fsp3) is 0.143. The van der Waals surface area contributed by atoms with Gasteiger partial charge in [-0.3, -0.25) is 0 Å². The van der Waals surface area contributed by atoms with Crippen LogP contribution in [0.15, 0.2) is 30.3 Å². The zero-order chi connectivity index (χ0) is 12.4. The fourth-order valence-electron chi connectivity index (χ4n) is 0.872. The SMILES string of the molecule is O=P(O)(O)[CH]([Sn+3])P(=O)(O)Oc1ccccc1. The van der Waals surface area contributed by atoms with E-state index in [1.807, 2.05) is 0 Å². The summed E-state index contributed by atoms with van der Waals surface area (Å²) in [5.74, 6) is 0.106. The van der Waals surface area contributed by atoms with Crippen LogP contribution in [-0.4, -0.2) is 40.6 Å². The molecule has 2 atom stereocenters. The molecule has 0 spiro atoms. The Morgan fingerprint density at radius 1 is 1.12 bits per heavy atom. The average molecular weight is 370 g/mol. The molecule has 6 nitrogen and oxygen atoms in total. The Hall–Kier alpha value is 0.159. The van der Waals surface area contributed by atoms with Crippen LogP contribution in [-0.2, 0) is 9.13 Å². The molecule has 3 N–H and O–H groups in total. The molecular formula is C7H9O6P2Sn+3. The average Bonchev–Trinajstić information content (AvgIpc) is 2.16. The van der Waals surface area contributed by atoms with Crippen molar-refractivity contribution in [2.75, 3.05) is 0 Å². The van der Waals surface area contributed by atoms with Crippen LogP contribution >= 0.6 is 15.2 Å². The van der Waals surface area contributed by atoms with Gasteiger partial charge in [0.1, 0.15) is 0 Å². The molecule has 0 bridgehead atoms. The summed E-state index contributed by atoms with van der Waals surface area (Å²) in [6.07, 6.45) is 0. The van der Waals surface area contributed by atoms with E-state index in [9.17, 15) is 14.0 Å². The molecule has 1 aromatic carbocycles. The van der Waals surface area contributed by atoms with E-state index in [0.29, 0.717) is 0 Å². The Kier molecular flexibility index (Phi) is 4.63. The van der Waals surface area contributed by atoms with Crippen molar-refractivity contribution >= 4 is 37.7 Å². The van der Waals surface area contributed by atoms with Crippen LogP contribution in [0, 0.1) is 0 Å². The Morgan fingerprint density at radius 3 is 2.06 bits per heavy atom. The van der Waals surface area contributed by atoms with Gasteiger partial charge in [0.2, 0.25) is 0 Å². The first kappa shape index (κ1) is 14.2. The predicted molar refractivity (Wildman–Crippen MR) is 58.5 cm³/mol. The van der Waals surface area contributed by atoms with Crippen molar-refractivity contribution < 1.29 is 28.3 Å². The molecule has 16 heavy (non-hydrogen) atoms. The van der Waals surface area contributed by atoms with Crippen LogP contribution in [0.1, 0.15) is 0 Å². The van der Waals surface area contributed by atoms with Crippen molar-refractivity contribution in [2.24, 2.45) is 0 Å². The van der Waals surface area contributed by atoms with E-state index in [1.165, 1.54) is 12.1 Å². The van der Waals surface area contributed by atoms with Crippen molar-refractivity contribution in [2.45, 2.75) is 3.42 Å². The number of para-hydroxylation sites is 1. The predicted octanol–water partition coefficient (Wildman–Crippen LogP) is 0.881. The van der Waals surface area contributed by atoms with Gasteiger partial charge in [0.15, 0.2) is 0 Å². The molecule has 0 aliphatic carbocycles. The van der Waals surface area contributed by atoms with Gasteiger partial charge in [0.05, 0.1) is 0 Å². The normalized spacial score (nSPS) is 17.6. The molecule has 9 heteroatoms. The van der Waals surface area contributed by atoms with Gasteiger partial charge in [-0.25, -0.2) is 0 Å². The summed E-state index contributed by atoms with van der Waals surface area (Å²) < 4.78 is 25.5. The van der Waals surface area contributed by atoms with Gasteiger partial charge in [0.25, 0.3) is 0 Å². The van der Waals surface area contributed by atoms with E-state index in [-0.39, 0.29) is 28.3 Å². The number of hydrogen-bond donors (Lipinski definition) is 3. The zero-order valence-corrected chi connectivity index (χ0v) is 12.6. The van der Waals surface area contributed by atoms with E-state index < -0.39 is 18.6 Å². The minimum absolute atomic E-state index is 0.106. The molecule has 2 unspecified atom stereocenters. The molecule has 1 aromatic rings. The molecule has 0 aliphatic rings. The van der Waals surface area contributed by atoms with Crippen LogP contribution in [0.25, 0.3) is 0 Å².